The third kappa shape index (κ3) is 3.37. The van der Waals surface area contributed by atoms with Crippen LogP contribution in [0.3, 0.4) is 0 Å². The van der Waals surface area contributed by atoms with Crippen molar-refractivity contribution < 1.29 is 0 Å². The molecule has 0 aliphatic heterocycles. The fourth-order valence-electron chi connectivity index (χ4n) is 2.47. The number of rotatable bonds is 5. The van der Waals surface area contributed by atoms with Crippen molar-refractivity contribution in [3.05, 3.63) is 59.1 Å². The summed E-state index contributed by atoms with van der Waals surface area (Å²) < 4.78 is 0. The summed E-state index contributed by atoms with van der Waals surface area (Å²) in [5, 5.41) is 8.61. The molecule has 23 heavy (non-hydrogen) atoms. The average molecular weight is 325 g/mol. The van der Waals surface area contributed by atoms with Crippen molar-refractivity contribution in [3.63, 3.8) is 0 Å². The Morgan fingerprint density at radius 2 is 1.78 bits per heavy atom. The first-order valence-corrected chi connectivity index (χ1v) is 8.17. The molecule has 0 unspecified atom stereocenters. The number of nitrogens with zero attached hydrogens (tertiary/aromatic N) is 2. The first-order valence-electron chi connectivity index (χ1n) is 7.79. The van der Waals surface area contributed by atoms with Crippen LogP contribution in [0.4, 0.5) is 11.8 Å². The molecule has 2 N–H and O–H groups in total. The van der Waals surface area contributed by atoms with Crippen LogP contribution in [0.25, 0.3) is 10.9 Å². The Bertz CT molecular complexity index is 828. The van der Waals surface area contributed by atoms with Crippen molar-refractivity contribution in [1.82, 2.24) is 9.97 Å². The molecule has 0 amide bonds. The Morgan fingerprint density at radius 1 is 1.00 bits per heavy atom. The van der Waals surface area contributed by atoms with Gasteiger partial charge < -0.3 is 10.6 Å². The van der Waals surface area contributed by atoms with Gasteiger partial charge in [-0.3, -0.25) is 0 Å². The van der Waals surface area contributed by atoms with E-state index >= 15 is 0 Å². The molecule has 0 bridgehead atoms. The minimum atomic E-state index is 0.553. The third-order valence-electron chi connectivity index (χ3n) is 3.89. The van der Waals surface area contributed by atoms with Crippen LogP contribution < -0.4 is 10.6 Å². The number of nitrogens with one attached hydrogen (secondary N) is 2. The number of benzene rings is 2. The molecule has 5 heteroatoms. The molecule has 0 saturated heterocycles. The molecule has 0 radical (unpaired) electrons. The molecular formula is C18H17ClN4. The molecule has 1 aliphatic carbocycles. The molecule has 2 aromatic carbocycles. The second-order valence-corrected chi connectivity index (χ2v) is 6.25. The van der Waals surface area contributed by atoms with Gasteiger partial charge in [0.15, 0.2) is 0 Å². The Hall–Kier alpha value is -2.33. The van der Waals surface area contributed by atoms with Gasteiger partial charge >= 0.3 is 0 Å². The Balaban J connectivity index is 1.59. The Labute approximate surface area is 139 Å². The fraction of sp³-hybridized carbons (Fsp3) is 0.222. The normalized spacial score (nSPS) is 14.0. The molecule has 4 rings (SSSR count). The minimum absolute atomic E-state index is 0.553. The van der Waals surface area contributed by atoms with Crippen LogP contribution in [0.2, 0.25) is 5.02 Å². The van der Waals surface area contributed by atoms with Gasteiger partial charge in [-0.05, 0) is 42.7 Å². The molecule has 1 aromatic heterocycles. The zero-order valence-corrected chi connectivity index (χ0v) is 13.3. The van der Waals surface area contributed by atoms with Crippen LogP contribution in [0.5, 0.6) is 0 Å². The zero-order valence-electron chi connectivity index (χ0n) is 12.6. The SMILES string of the molecule is Clc1ccc(CNc2nc(NC3CC3)c3ccccc3n2)cc1. The van der Waals surface area contributed by atoms with Crippen molar-refractivity contribution in [2.75, 3.05) is 10.6 Å². The standard InChI is InChI=1S/C18H17ClN4/c19-13-7-5-12(6-8-13)11-20-18-22-16-4-2-1-3-15(16)17(23-18)21-14-9-10-14/h1-8,14H,9-11H2,(H2,20,21,22,23). The highest BCUT2D eigenvalue weighted by Gasteiger charge is 2.22. The van der Waals surface area contributed by atoms with E-state index in [-0.39, 0.29) is 0 Å². The molecule has 116 valence electrons. The van der Waals surface area contributed by atoms with Crippen molar-refractivity contribution in [2.24, 2.45) is 0 Å². The highest BCUT2D eigenvalue weighted by atomic mass is 35.5. The molecule has 1 aliphatic rings. The Morgan fingerprint density at radius 3 is 2.57 bits per heavy atom. The number of hydrogen-bond donors (Lipinski definition) is 2. The zero-order chi connectivity index (χ0) is 15.6. The smallest absolute Gasteiger partial charge is 0.225 e. The van der Waals surface area contributed by atoms with Gasteiger partial charge in [0.05, 0.1) is 5.52 Å². The van der Waals surface area contributed by atoms with Gasteiger partial charge in [-0.15, -0.1) is 0 Å². The quantitative estimate of drug-likeness (QED) is 0.727. The monoisotopic (exact) mass is 324 g/mol. The summed E-state index contributed by atoms with van der Waals surface area (Å²) in [5.74, 6) is 1.55. The van der Waals surface area contributed by atoms with Gasteiger partial charge in [-0.2, -0.15) is 4.98 Å². The van der Waals surface area contributed by atoms with E-state index in [0.717, 1.165) is 27.3 Å². The van der Waals surface area contributed by atoms with E-state index in [4.69, 9.17) is 11.6 Å². The van der Waals surface area contributed by atoms with Gasteiger partial charge in [0.2, 0.25) is 5.95 Å². The first kappa shape index (κ1) is 14.3. The molecule has 0 spiro atoms. The van der Waals surface area contributed by atoms with Gasteiger partial charge in [0, 0.05) is 23.0 Å². The molecule has 1 heterocycles. The maximum Gasteiger partial charge on any atom is 0.225 e. The van der Waals surface area contributed by atoms with E-state index in [2.05, 4.69) is 26.7 Å². The number of aromatic nitrogens is 2. The number of hydrogen-bond acceptors (Lipinski definition) is 4. The summed E-state index contributed by atoms with van der Waals surface area (Å²) in [6.45, 7) is 0.665. The van der Waals surface area contributed by atoms with Gasteiger partial charge in [-0.1, -0.05) is 35.9 Å². The van der Waals surface area contributed by atoms with Crippen molar-refractivity contribution >= 4 is 34.3 Å². The lowest BCUT2D eigenvalue weighted by Crippen LogP contribution is -2.09. The lowest BCUT2D eigenvalue weighted by atomic mass is 10.2. The summed E-state index contributed by atoms with van der Waals surface area (Å²) in [6, 6.07) is 16.4. The second kappa shape index (κ2) is 6.05. The van der Waals surface area contributed by atoms with Crippen molar-refractivity contribution in [3.8, 4) is 0 Å². The predicted octanol–water partition coefficient (Wildman–Crippen LogP) is 4.47. The van der Waals surface area contributed by atoms with Crippen LogP contribution in [-0.4, -0.2) is 16.0 Å². The number of halogens is 1. The third-order valence-corrected chi connectivity index (χ3v) is 4.14. The lowest BCUT2D eigenvalue weighted by Gasteiger charge is -2.11. The fourth-order valence-corrected chi connectivity index (χ4v) is 2.60. The molecule has 1 fully saturated rings. The largest absolute Gasteiger partial charge is 0.367 e. The van der Waals surface area contributed by atoms with Crippen molar-refractivity contribution in [1.29, 1.82) is 0 Å². The molecular weight excluding hydrogens is 308 g/mol. The summed E-state index contributed by atoms with van der Waals surface area (Å²) in [5.41, 5.74) is 2.09. The molecule has 0 atom stereocenters. The first-order chi connectivity index (χ1) is 11.3. The van der Waals surface area contributed by atoms with Gasteiger partial charge in [0.25, 0.3) is 0 Å². The van der Waals surface area contributed by atoms with E-state index < -0.39 is 0 Å². The maximum absolute atomic E-state index is 5.92. The number of para-hydroxylation sites is 1. The minimum Gasteiger partial charge on any atom is -0.367 e. The topological polar surface area (TPSA) is 49.8 Å². The van der Waals surface area contributed by atoms with Gasteiger partial charge in [-0.25, -0.2) is 4.98 Å². The average Bonchev–Trinajstić information content (AvgIpc) is 3.38. The van der Waals surface area contributed by atoms with E-state index in [1.165, 1.54) is 12.8 Å². The number of anilines is 2. The van der Waals surface area contributed by atoms with Crippen LogP contribution in [0.1, 0.15) is 18.4 Å². The van der Waals surface area contributed by atoms with Crippen LogP contribution in [-0.2, 0) is 6.54 Å². The highest BCUT2D eigenvalue weighted by Crippen LogP contribution is 2.28. The Kier molecular flexibility index (Phi) is 3.75. The summed E-state index contributed by atoms with van der Waals surface area (Å²) in [6.07, 6.45) is 2.43. The summed E-state index contributed by atoms with van der Waals surface area (Å²) in [7, 11) is 0. The van der Waals surface area contributed by atoms with Crippen LogP contribution in [0.15, 0.2) is 48.5 Å². The maximum atomic E-state index is 5.92. The second-order valence-electron chi connectivity index (χ2n) is 5.81. The van der Waals surface area contributed by atoms with Crippen LogP contribution in [0, 0.1) is 0 Å². The van der Waals surface area contributed by atoms with E-state index in [1.54, 1.807) is 0 Å². The van der Waals surface area contributed by atoms with E-state index in [0.29, 0.717) is 18.5 Å². The predicted molar refractivity (Wildman–Crippen MR) is 95.0 cm³/mol. The van der Waals surface area contributed by atoms with Crippen LogP contribution >= 0.6 is 11.6 Å². The molecule has 1 saturated carbocycles. The van der Waals surface area contributed by atoms with E-state index in [9.17, 15) is 0 Å². The van der Waals surface area contributed by atoms with E-state index in [1.807, 2.05) is 42.5 Å². The molecule has 3 aromatic rings. The highest BCUT2D eigenvalue weighted by molar-refractivity contribution is 6.30. The molecule has 4 nitrogen and oxygen atoms in total. The van der Waals surface area contributed by atoms with Crippen molar-refractivity contribution in [2.45, 2.75) is 25.4 Å². The summed E-state index contributed by atoms with van der Waals surface area (Å²) in [4.78, 5) is 9.26. The number of fused-ring (bicyclic) bond motifs is 1. The lowest BCUT2D eigenvalue weighted by molar-refractivity contribution is 1.05. The van der Waals surface area contributed by atoms with Gasteiger partial charge in [0.1, 0.15) is 5.82 Å². The summed E-state index contributed by atoms with van der Waals surface area (Å²) >= 11 is 5.92.